The third-order valence-corrected chi connectivity index (χ3v) is 4.76. The summed E-state index contributed by atoms with van der Waals surface area (Å²) in [5.41, 5.74) is 2.34. The second-order valence-electron chi connectivity index (χ2n) is 7.17. The summed E-state index contributed by atoms with van der Waals surface area (Å²) in [6, 6.07) is 13.1. The Labute approximate surface area is 162 Å². The van der Waals surface area contributed by atoms with E-state index in [4.69, 9.17) is 4.74 Å². The van der Waals surface area contributed by atoms with Gasteiger partial charge in [-0.2, -0.15) is 5.10 Å². The minimum Gasteiger partial charge on any atom is -0.490 e. The molecule has 0 aliphatic carbocycles. The third kappa shape index (κ3) is 3.19. The fourth-order valence-corrected chi connectivity index (χ4v) is 3.57. The molecule has 2 N–H and O–H groups in total. The van der Waals surface area contributed by atoms with Crippen LogP contribution in [0.5, 0.6) is 5.75 Å². The Morgan fingerprint density at radius 2 is 2.04 bits per heavy atom. The molecule has 1 aliphatic rings. The Morgan fingerprint density at radius 1 is 1.25 bits per heavy atom. The van der Waals surface area contributed by atoms with Crippen molar-refractivity contribution in [3.63, 3.8) is 0 Å². The number of fused-ring (bicyclic) bond motifs is 2. The van der Waals surface area contributed by atoms with E-state index in [2.05, 4.69) is 15.7 Å². The molecular formula is C21H22N4O3. The SMILES string of the molecule is CC(C)Oc1cccc2c1c(NC(=O)[C@H]1CC(=O)Nc3ccccc31)nn2C. The molecule has 4 rings (SSSR count). The van der Waals surface area contributed by atoms with Gasteiger partial charge < -0.3 is 15.4 Å². The van der Waals surface area contributed by atoms with Gasteiger partial charge in [-0.1, -0.05) is 24.3 Å². The molecule has 3 aromatic rings. The number of amides is 2. The van der Waals surface area contributed by atoms with Gasteiger partial charge in [-0.25, -0.2) is 0 Å². The largest absolute Gasteiger partial charge is 0.490 e. The van der Waals surface area contributed by atoms with Crippen molar-refractivity contribution in [1.29, 1.82) is 0 Å². The zero-order valence-corrected chi connectivity index (χ0v) is 16.0. The van der Waals surface area contributed by atoms with Crippen LogP contribution in [0.3, 0.4) is 0 Å². The molecule has 144 valence electrons. The molecule has 2 heterocycles. The van der Waals surface area contributed by atoms with Gasteiger partial charge >= 0.3 is 0 Å². The van der Waals surface area contributed by atoms with Gasteiger partial charge in [-0.05, 0) is 37.6 Å². The number of rotatable bonds is 4. The van der Waals surface area contributed by atoms with Crippen LogP contribution in [0.4, 0.5) is 11.5 Å². The summed E-state index contributed by atoms with van der Waals surface area (Å²) in [7, 11) is 1.82. The summed E-state index contributed by atoms with van der Waals surface area (Å²) in [4.78, 5) is 25.1. The van der Waals surface area contributed by atoms with Crippen LogP contribution in [0, 0.1) is 0 Å². The number of anilines is 2. The Balaban J connectivity index is 1.71. The standard InChI is InChI=1S/C21H22N4O3/c1-12(2)28-17-10-6-9-16-19(17)20(24-25(16)3)23-21(27)14-11-18(26)22-15-8-5-4-7-13(14)15/h4-10,12,14H,11H2,1-3H3,(H,22,26)(H,23,24,27)/t14-/m0/s1. The molecule has 0 saturated carbocycles. The summed E-state index contributed by atoms with van der Waals surface area (Å²) in [6.45, 7) is 3.90. The second-order valence-corrected chi connectivity index (χ2v) is 7.17. The Bertz CT molecular complexity index is 1070. The van der Waals surface area contributed by atoms with E-state index in [0.717, 1.165) is 16.5 Å². The first kappa shape index (κ1) is 18.0. The summed E-state index contributed by atoms with van der Waals surface area (Å²) >= 11 is 0. The Kier molecular flexibility index (Phi) is 4.50. The highest BCUT2D eigenvalue weighted by Crippen LogP contribution is 2.36. The molecule has 7 nitrogen and oxygen atoms in total. The van der Waals surface area contributed by atoms with Gasteiger partial charge in [0.2, 0.25) is 11.8 Å². The minimum absolute atomic E-state index is 0.0109. The minimum atomic E-state index is -0.569. The van der Waals surface area contributed by atoms with Crippen LogP contribution >= 0.6 is 0 Å². The average Bonchev–Trinajstić information content (AvgIpc) is 2.97. The molecule has 0 bridgehead atoms. The highest BCUT2D eigenvalue weighted by Gasteiger charge is 2.31. The van der Waals surface area contributed by atoms with Crippen LogP contribution in [-0.2, 0) is 16.6 Å². The highest BCUT2D eigenvalue weighted by atomic mass is 16.5. The first-order valence-corrected chi connectivity index (χ1v) is 9.26. The zero-order chi connectivity index (χ0) is 19.8. The predicted octanol–water partition coefficient (Wildman–Crippen LogP) is 3.43. The van der Waals surface area contributed by atoms with Gasteiger partial charge in [-0.3, -0.25) is 14.3 Å². The van der Waals surface area contributed by atoms with Crippen LogP contribution in [0.1, 0.15) is 31.7 Å². The summed E-state index contributed by atoms with van der Waals surface area (Å²) in [5.74, 6) is 0.0929. The maximum Gasteiger partial charge on any atom is 0.233 e. The van der Waals surface area contributed by atoms with E-state index in [1.54, 1.807) is 10.7 Å². The number of nitrogens with zero attached hydrogens (tertiary/aromatic N) is 2. The number of hydrogen-bond donors (Lipinski definition) is 2. The van der Waals surface area contributed by atoms with Gasteiger partial charge in [0.25, 0.3) is 0 Å². The fraction of sp³-hybridized carbons (Fsp3) is 0.286. The van der Waals surface area contributed by atoms with Gasteiger partial charge in [0, 0.05) is 19.2 Å². The molecule has 0 saturated heterocycles. The molecule has 0 unspecified atom stereocenters. The van der Waals surface area contributed by atoms with E-state index < -0.39 is 5.92 Å². The molecule has 2 aromatic carbocycles. The van der Waals surface area contributed by atoms with Crippen molar-refractivity contribution in [3.05, 3.63) is 48.0 Å². The van der Waals surface area contributed by atoms with Crippen molar-refractivity contribution >= 4 is 34.2 Å². The van der Waals surface area contributed by atoms with Crippen molar-refractivity contribution in [2.45, 2.75) is 32.3 Å². The van der Waals surface area contributed by atoms with Crippen molar-refractivity contribution in [3.8, 4) is 5.75 Å². The van der Waals surface area contributed by atoms with Crippen LogP contribution in [0.15, 0.2) is 42.5 Å². The van der Waals surface area contributed by atoms with Crippen LogP contribution in [0.2, 0.25) is 0 Å². The molecule has 7 heteroatoms. The van der Waals surface area contributed by atoms with Crippen LogP contribution in [-0.4, -0.2) is 27.7 Å². The summed E-state index contributed by atoms with van der Waals surface area (Å²) in [5, 5.41) is 11.0. The van der Waals surface area contributed by atoms with E-state index in [0.29, 0.717) is 17.3 Å². The lowest BCUT2D eigenvalue weighted by Gasteiger charge is -2.24. The van der Waals surface area contributed by atoms with Crippen molar-refractivity contribution in [2.75, 3.05) is 10.6 Å². The van der Waals surface area contributed by atoms with E-state index in [-0.39, 0.29) is 24.3 Å². The zero-order valence-electron chi connectivity index (χ0n) is 16.0. The van der Waals surface area contributed by atoms with E-state index in [9.17, 15) is 9.59 Å². The molecule has 28 heavy (non-hydrogen) atoms. The van der Waals surface area contributed by atoms with Gasteiger partial charge in [-0.15, -0.1) is 0 Å². The lowest BCUT2D eigenvalue weighted by Crippen LogP contribution is -2.30. The quantitative estimate of drug-likeness (QED) is 0.728. The number of aryl methyl sites for hydroxylation is 1. The summed E-state index contributed by atoms with van der Waals surface area (Å²) < 4.78 is 7.62. The molecule has 1 aliphatic heterocycles. The number of ether oxygens (including phenoxy) is 1. The van der Waals surface area contributed by atoms with Crippen molar-refractivity contribution in [1.82, 2.24) is 9.78 Å². The fourth-order valence-electron chi connectivity index (χ4n) is 3.57. The molecule has 1 aromatic heterocycles. The monoisotopic (exact) mass is 378 g/mol. The Morgan fingerprint density at radius 3 is 2.82 bits per heavy atom. The average molecular weight is 378 g/mol. The summed E-state index contributed by atoms with van der Waals surface area (Å²) in [6.07, 6.45) is 0.0893. The number of hydrogen-bond acceptors (Lipinski definition) is 4. The second kappa shape index (κ2) is 6.99. The third-order valence-electron chi connectivity index (χ3n) is 4.76. The van der Waals surface area contributed by atoms with E-state index >= 15 is 0 Å². The molecule has 2 amide bonds. The Hall–Kier alpha value is -3.35. The predicted molar refractivity (Wildman–Crippen MR) is 108 cm³/mol. The van der Waals surface area contributed by atoms with Crippen molar-refractivity contribution < 1.29 is 14.3 Å². The number of carbonyl (C=O) groups is 2. The highest BCUT2D eigenvalue weighted by molar-refractivity contribution is 6.08. The number of nitrogens with one attached hydrogen (secondary N) is 2. The first-order chi connectivity index (χ1) is 13.4. The lowest BCUT2D eigenvalue weighted by molar-refractivity contribution is -0.123. The first-order valence-electron chi connectivity index (χ1n) is 9.26. The normalized spacial score (nSPS) is 16.0. The van der Waals surface area contributed by atoms with Gasteiger partial charge in [0.15, 0.2) is 5.82 Å². The van der Waals surface area contributed by atoms with Gasteiger partial charge in [0.1, 0.15) is 5.75 Å². The number of para-hydroxylation sites is 1. The molecule has 0 fully saturated rings. The maximum absolute atomic E-state index is 13.1. The number of aromatic nitrogens is 2. The smallest absolute Gasteiger partial charge is 0.233 e. The lowest BCUT2D eigenvalue weighted by atomic mass is 9.90. The molecule has 1 atom stereocenters. The van der Waals surface area contributed by atoms with E-state index in [1.807, 2.05) is 57.3 Å². The van der Waals surface area contributed by atoms with Crippen LogP contribution in [0.25, 0.3) is 10.9 Å². The number of benzene rings is 2. The number of carbonyl (C=O) groups excluding carboxylic acids is 2. The maximum atomic E-state index is 13.1. The van der Waals surface area contributed by atoms with Crippen LogP contribution < -0.4 is 15.4 Å². The van der Waals surface area contributed by atoms with Crippen molar-refractivity contribution in [2.24, 2.45) is 7.05 Å². The molecule has 0 spiro atoms. The topological polar surface area (TPSA) is 85.2 Å². The molecular weight excluding hydrogens is 356 g/mol. The molecule has 0 radical (unpaired) electrons. The van der Waals surface area contributed by atoms with Gasteiger partial charge in [0.05, 0.1) is 22.9 Å². The van der Waals surface area contributed by atoms with E-state index in [1.165, 1.54) is 0 Å².